The summed E-state index contributed by atoms with van der Waals surface area (Å²) in [5.74, 6) is 1.60. The molecule has 1 atom stereocenters. The minimum absolute atomic E-state index is 0.0995. The molecule has 1 aliphatic rings. The largest absolute Gasteiger partial charge is 0.486 e. The van der Waals surface area contributed by atoms with Crippen molar-refractivity contribution in [3.8, 4) is 11.5 Å². The molecule has 20 heavy (non-hydrogen) atoms. The molecule has 0 aromatic heterocycles. The highest BCUT2D eigenvalue weighted by atomic mass is 16.6. The van der Waals surface area contributed by atoms with E-state index in [4.69, 9.17) is 15.2 Å². The molecular weight excluding hydrogens is 256 g/mol. The van der Waals surface area contributed by atoms with E-state index in [-0.39, 0.29) is 11.8 Å². The Morgan fingerprint density at radius 1 is 1.30 bits per heavy atom. The van der Waals surface area contributed by atoms with E-state index in [1.807, 2.05) is 32.0 Å². The third-order valence-electron chi connectivity index (χ3n) is 3.34. The molecule has 0 saturated carbocycles. The maximum Gasteiger partial charge on any atom is 0.237 e. The van der Waals surface area contributed by atoms with Crippen molar-refractivity contribution in [3.63, 3.8) is 0 Å². The van der Waals surface area contributed by atoms with Crippen LogP contribution in [0.5, 0.6) is 11.5 Å². The normalized spacial score (nSPS) is 15.0. The van der Waals surface area contributed by atoms with Gasteiger partial charge in [-0.25, -0.2) is 0 Å². The first kappa shape index (κ1) is 14.7. The molecule has 1 heterocycles. The maximum atomic E-state index is 11.7. The molecule has 5 heteroatoms. The van der Waals surface area contributed by atoms with Crippen molar-refractivity contribution in [2.45, 2.75) is 26.3 Å². The summed E-state index contributed by atoms with van der Waals surface area (Å²) in [6, 6.07) is 5.41. The van der Waals surface area contributed by atoms with Gasteiger partial charge < -0.3 is 20.5 Å². The monoisotopic (exact) mass is 278 g/mol. The van der Waals surface area contributed by atoms with Crippen LogP contribution in [0.15, 0.2) is 18.2 Å². The van der Waals surface area contributed by atoms with E-state index in [2.05, 4.69) is 5.32 Å². The number of nitrogens with two attached hydrogens (primary N) is 1. The predicted molar refractivity (Wildman–Crippen MR) is 77.0 cm³/mol. The number of hydrogen-bond donors (Lipinski definition) is 2. The average molecular weight is 278 g/mol. The van der Waals surface area contributed by atoms with Crippen molar-refractivity contribution in [2.75, 3.05) is 19.8 Å². The smallest absolute Gasteiger partial charge is 0.237 e. The van der Waals surface area contributed by atoms with Gasteiger partial charge in [0.05, 0.1) is 6.04 Å². The predicted octanol–water partition coefficient (Wildman–Crippen LogP) is 1.10. The highest BCUT2D eigenvalue weighted by Crippen LogP contribution is 2.30. The zero-order valence-electron chi connectivity index (χ0n) is 12.0. The lowest BCUT2D eigenvalue weighted by Gasteiger charge is -2.19. The number of carbonyl (C=O) groups is 1. The number of fused-ring (bicyclic) bond motifs is 1. The maximum absolute atomic E-state index is 11.7. The van der Waals surface area contributed by atoms with Gasteiger partial charge in [0.25, 0.3) is 0 Å². The van der Waals surface area contributed by atoms with Crippen molar-refractivity contribution in [2.24, 2.45) is 11.7 Å². The summed E-state index contributed by atoms with van der Waals surface area (Å²) in [7, 11) is 0. The summed E-state index contributed by atoms with van der Waals surface area (Å²) in [5.41, 5.74) is 6.89. The van der Waals surface area contributed by atoms with Crippen LogP contribution in [0.3, 0.4) is 0 Å². The third-order valence-corrected chi connectivity index (χ3v) is 3.34. The molecule has 1 aromatic carbocycles. The van der Waals surface area contributed by atoms with Gasteiger partial charge >= 0.3 is 0 Å². The number of hydrogen-bond acceptors (Lipinski definition) is 4. The Morgan fingerprint density at radius 3 is 2.70 bits per heavy atom. The fourth-order valence-electron chi connectivity index (χ4n) is 1.99. The summed E-state index contributed by atoms with van der Waals surface area (Å²) >= 11 is 0. The molecule has 0 fully saturated rings. The summed E-state index contributed by atoms with van der Waals surface area (Å²) in [4.78, 5) is 11.7. The van der Waals surface area contributed by atoms with Gasteiger partial charge in [-0.1, -0.05) is 19.9 Å². The molecule has 2 rings (SSSR count). The van der Waals surface area contributed by atoms with E-state index in [1.165, 1.54) is 0 Å². The van der Waals surface area contributed by atoms with E-state index in [0.717, 1.165) is 23.5 Å². The zero-order valence-corrected chi connectivity index (χ0v) is 12.0. The quantitative estimate of drug-likeness (QED) is 0.846. The number of nitrogens with one attached hydrogen (secondary N) is 1. The second-order valence-electron chi connectivity index (χ2n) is 5.29. The molecular formula is C15H22N2O3. The lowest BCUT2D eigenvalue weighted by atomic mass is 10.0. The summed E-state index contributed by atoms with van der Waals surface area (Å²) in [6.07, 6.45) is 0.743. The minimum Gasteiger partial charge on any atom is -0.486 e. The van der Waals surface area contributed by atoms with Crippen LogP contribution >= 0.6 is 0 Å². The molecule has 1 aromatic rings. The van der Waals surface area contributed by atoms with Crippen LogP contribution in [0, 0.1) is 5.92 Å². The second kappa shape index (κ2) is 6.61. The first-order valence-electron chi connectivity index (χ1n) is 6.99. The van der Waals surface area contributed by atoms with E-state index in [1.54, 1.807) is 0 Å². The van der Waals surface area contributed by atoms with Gasteiger partial charge in [0, 0.05) is 6.54 Å². The number of carbonyl (C=O) groups excluding carboxylic acids is 1. The lowest BCUT2D eigenvalue weighted by Crippen LogP contribution is -2.44. The van der Waals surface area contributed by atoms with E-state index in [0.29, 0.717) is 19.8 Å². The zero-order chi connectivity index (χ0) is 14.5. The van der Waals surface area contributed by atoms with Crippen LogP contribution < -0.4 is 20.5 Å². The summed E-state index contributed by atoms with van der Waals surface area (Å²) < 4.78 is 11.0. The van der Waals surface area contributed by atoms with Crippen LogP contribution in [-0.2, 0) is 11.2 Å². The van der Waals surface area contributed by atoms with Crippen LogP contribution in [0.1, 0.15) is 19.4 Å². The molecule has 3 N–H and O–H groups in total. The van der Waals surface area contributed by atoms with Crippen molar-refractivity contribution in [1.82, 2.24) is 5.32 Å². The Balaban J connectivity index is 1.84. The Labute approximate surface area is 119 Å². The topological polar surface area (TPSA) is 73.6 Å². The van der Waals surface area contributed by atoms with Gasteiger partial charge in [0.2, 0.25) is 5.91 Å². The van der Waals surface area contributed by atoms with Gasteiger partial charge in [0.1, 0.15) is 13.2 Å². The average Bonchev–Trinajstić information content (AvgIpc) is 2.46. The number of amides is 1. The highest BCUT2D eigenvalue weighted by Gasteiger charge is 2.16. The molecule has 0 aliphatic carbocycles. The Hall–Kier alpha value is -1.75. The van der Waals surface area contributed by atoms with E-state index < -0.39 is 6.04 Å². The molecule has 0 radical (unpaired) electrons. The van der Waals surface area contributed by atoms with Crippen molar-refractivity contribution >= 4 is 5.91 Å². The lowest BCUT2D eigenvalue weighted by molar-refractivity contribution is -0.123. The van der Waals surface area contributed by atoms with Crippen molar-refractivity contribution in [1.29, 1.82) is 0 Å². The molecule has 1 amide bonds. The SMILES string of the molecule is CC(C)C(N)C(=O)NCCc1ccc2c(c1)OCCO2. The fraction of sp³-hybridized carbons (Fsp3) is 0.533. The van der Waals surface area contributed by atoms with Crippen LogP contribution in [0.2, 0.25) is 0 Å². The molecule has 5 nitrogen and oxygen atoms in total. The van der Waals surface area contributed by atoms with Gasteiger partial charge in [-0.2, -0.15) is 0 Å². The number of benzene rings is 1. The number of ether oxygens (including phenoxy) is 2. The fourth-order valence-corrected chi connectivity index (χ4v) is 1.99. The van der Waals surface area contributed by atoms with E-state index in [9.17, 15) is 4.79 Å². The van der Waals surface area contributed by atoms with E-state index >= 15 is 0 Å². The van der Waals surface area contributed by atoms with Crippen LogP contribution in [-0.4, -0.2) is 31.7 Å². The van der Waals surface area contributed by atoms with Crippen LogP contribution in [0.25, 0.3) is 0 Å². The molecule has 110 valence electrons. The van der Waals surface area contributed by atoms with Gasteiger partial charge in [0.15, 0.2) is 11.5 Å². The first-order valence-corrected chi connectivity index (χ1v) is 6.99. The second-order valence-corrected chi connectivity index (χ2v) is 5.29. The molecule has 1 aliphatic heterocycles. The first-order chi connectivity index (χ1) is 9.58. The van der Waals surface area contributed by atoms with Crippen molar-refractivity contribution < 1.29 is 14.3 Å². The third kappa shape index (κ3) is 3.63. The summed E-state index contributed by atoms with van der Waals surface area (Å²) in [5, 5.41) is 2.86. The molecule has 0 bridgehead atoms. The van der Waals surface area contributed by atoms with Gasteiger partial charge in [-0.15, -0.1) is 0 Å². The van der Waals surface area contributed by atoms with Gasteiger partial charge in [-0.3, -0.25) is 4.79 Å². The Morgan fingerprint density at radius 2 is 2.00 bits per heavy atom. The Kier molecular flexibility index (Phi) is 4.84. The molecule has 0 saturated heterocycles. The number of rotatable bonds is 5. The van der Waals surface area contributed by atoms with Crippen molar-refractivity contribution in [3.05, 3.63) is 23.8 Å². The Bertz CT molecular complexity index is 474. The standard InChI is InChI=1S/C15H22N2O3/c1-10(2)14(16)15(18)17-6-5-11-3-4-12-13(9-11)20-8-7-19-12/h3-4,9-10,14H,5-8,16H2,1-2H3,(H,17,18). The highest BCUT2D eigenvalue weighted by molar-refractivity contribution is 5.81. The summed E-state index contributed by atoms with van der Waals surface area (Å²) in [6.45, 7) is 5.61. The molecule has 1 unspecified atom stereocenters. The molecule has 0 spiro atoms. The minimum atomic E-state index is -0.449. The van der Waals surface area contributed by atoms with Gasteiger partial charge in [-0.05, 0) is 30.0 Å². The van der Waals surface area contributed by atoms with Crippen LogP contribution in [0.4, 0.5) is 0 Å².